The Balaban J connectivity index is 5.47. The fraction of sp³-hybridized carbons (Fsp3) is 0.909. The third kappa shape index (κ3) is 5.79. The zero-order chi connectivity index (χ0) is 23.0. The van der Waals surface area contributed by atoms with Gasteiger partial charge in [0.2, 0.25) is 5.91 Å². The van der Waals surface area contributed by atoms with Crippen LogP contribution in [-0.4, -0.2) is 55.4 Å². The SMILES string of the molecule is NC(=O)C(CCC(F)(F)C(F)(F)C(F)(F)F)S(=O)(=O)CCC(F)(F)C(F)(F)F. The van der Waals surface area contributed by atoms with Crippen LogP contribution in [0, 0.1) is 0 Å². The minimum atomic E-state index is -6.76. The van der Waals surface area contributed by atoms with Gasteiger partial charge in [0, 0.05) is 12.8 Å². The fourth-order valence-corrected chi connectivity index (χ4v) is 3.39. The molecule has 0 saturated heterocycles. The van der Waals surface area contributed by atoms with Crippen LogP contribution in [0.15, 0.2) is 0 Å². The maximum Gasteiger partial charge on any atom is 0.459 e. The van der Waals surface area contributed by atoms with Crippen molar-refractivity contribution in [3.05, 3.63) is 0 Å². The number of sulfone groups is 1. The average molecular weight is 465 g/mol. The van der Waals surface area contributed by atoms with Gasteiger partial charge in [0.05, 0.1) is 5.75 Å². The molecule has 1 amide bonds. The molecule has 17 heteroatoms. The van der Waals surface area contributed by atoms with Gasteiger partial charge in [-0.1, -0.05) is 0 Å². The van der Waals surface area contributed by atoms with Crippen LogP contribution in [-0.2, 0) is 14.6 Å². The molecule has 28 heavy (non-hydrogen) atoms. The van der Waals surface area contributed by atoms with Crippen LogP contribution in [0.4, 0.5) is 52.7 Å². The summed E-state index contributed by atoms with van der Waals surface area (Å²) >= 11 is 0. The Morgan fingerprint density at radius 3 is 1.50 bits per heavy atom. The highest BCUT2D eigenvalue weighted by atomic mass is 32.2. The first-order valence-electron chi connectivity index (χ1n) is 6.77. The minimum Gasteiger partial charge on any atom is -0.369 e. The quantitative estimate of drug-likeness (QED) is 0.530. The molecule has 4 nitrogen and oxygen atoms in total. The molecule has 0 aliphatic rings. The average Bonchev–Trinajstić information content (AvgIpc) is 2.42. The van der Waals surface area contributed by atoms with Crippen LogP contribution in [0.1, 0.15) is 19.3 Å². The molecule has 2 N–H and O–H groups in total. The Labute approximate surface area is 149 Å². The van der Waals surface area contributed by atoms with E-state index in [9.17, 15) is 65.9 Å². The number of hydrogen-bond acceptors (Lipinski definition) is 3. The van der Waals surface area contributed by atoms with Gasteiger partial charge in [-0.2, -0.15) is 52.7 Å². The Bertz CT molecular complexity index is 667. The van der Waals surface area contributed by atoms with E-state index in [0.29, 0.717) is 0 Å². The molecule has 0 fully saturated rings. The zero-order valence-electron chi connectivity index (χ0n) is 13.2. The number of carbonyl (C=O) groups excluding carboxylic acids is 1. The van der Waals surface area contributed by atoms with Crippen molar-refractivity contribution in [3.8, 4) is 0 Å². The first kappa shape index (κ1) is 26.6. The summed E-state index contributed by atoms with van der Waals surface area (Å²) in [5.41, 5.74) is 4.49. The van der Waals surface area contributed by atoms with Crippen LogP contribution in [0.5, 0.6) is 0 Å². The van der Waals surface area contributed by atoms with Gasteiger partial charge in [-0.05, 0) is 6.42 Å². The van der Waals surface area contributed by atoms with Crippen LogP contribution < -0.4 is 5.73 Å². The van der Waals surface area contributed by atoms with Crippen LogP contribution in [0.25, 0.3) is 0 Å². The number of amides is 1. The second kappa shape index (κ2) is 7.78. The van der Waals surface area contributed by atoms with Crippen molar-refractivity contribution in [1.82, 2.24) is 0 Å². The summed E-state index contributed by atoms with van der Waals surface area (Å²) in [6.07, 6.45) is -20.0. The predicted molar refractivity (Wildman–Crippen MR) is 67.6 cm³/mol. The summed E-state index contributed by atoms with van der Waals surface area (Å²) in [5.74, 6) is -22.4. The Hall–Kier alpha value is -1.42. The lowest BCUT2D eigenvalue weighted by Gasteiger charge is -2.29. The summed E-state index contributed by atoms with van der Waals surface area (Å²) in [5, 5.41) is -2.99. The highest BCUT2D eigenvalue weighted by molar-refractivity contribution is 7.92. The number of hydrogen-bond donors (Lipinski definition) is 1. The molecular weight excluding hydrogens is 454 g/mol. The van der Waals surface area contributed by atoms with E-state index in [-0.39, 0.29) is 0 Å². The number of halogens is 12. The first-order chi connectivity index (χ1) is 12.0. The van der Waals surface area contributed by atoms with Crippen molar-refractivity contribution in [2.45, 2.75) is 54.6 Å². The first-order valence-corrected chi connectivity index (χ1v) is 8.49. The number of primary amides is 1. The Morgan fingerprint density at radius 2 is 1.18 bits per heavy atom. The molecule has 1 atom stereocenters. The summed E-state index contributed by atoms with van der Waals surface area (Å²) in [6.45, 7) is 0. The molecule has 0 saturated carbocycles. The zero-order valence-corrected chi connectivity index (χ0v) is 14.0. The summed E-state index contributed by atoms with van der Waals surface area (Å²) in [4.78, 5) is 11.0. The van der Waals surface area contributed by atoms with E-state index >= 15 is 0 Å². The molecule has 0 aromatic heterocycles. The molecular formula is C11H11F12NO3S. The molecule has 0 aliphatic heterocycles. The third-order valence-electron chi connectivity index (χ3n) is 3.40. The van der Waals surface area contributed by atoms with E-state index in [1.54, 1.807) is 0 Å². The van der Waals surface area contributed by atoms with Gasteiger partial charge in [-0.3, -0.25) is 4.79 Å². The van der Waals surface area contributed by atoms with Gasteiger partial charge in [0.15, 0.2) is 9.84 Å². The molecule has 168 valence electrons. The number of rotatable bonds is 9. The fourth-order valence-electron chi connectivity index (χ4n) is 1.73. The van der Waals surface area contributed by atoms with Crippen molar-refractivity contribution in [2.24, 2.45) is 5.73 Å². The van der Waals surface area contributed by atoms with Gasteiger partial charge >= 0.3 is 30.1 Å². The highest BCUT2D eigenvalue weighted by Gasteiger charge is 2.72. The molecule has 0 radical (unpaired) electrons. The van der Waals surface area contributed by atoms with Crippen LogP contribution >= 0.6 is 0 Å². The highest BCUT2D eigenvalue weighted by Crippen LogP contribution is 2.48. The van der Waals surface area contributed by atoms with E-state index in [2.05, 4.69) is 5.73 Å². The second-order valence-corrected chi connectivity index (χ2v) is 7.83. The smallest absolute Gasteiger partial charge is 0.369 e. The normalized spacial score (nSPS) is 16.1. The number of carbonyl (C=O) groups is 1. The Kier molecular flexibility index (Phi) is 7.38. The van der Waals surface area contributed by atoms with Gasteiger partial charge < -0.3 is 5.73 Å². The van der Waals surface area contributed by atoms with Crippen molar-refractivity contribution in [3.63, 3.8) is 0 Å². The number of nitrogens with two attached hydrogens (primary N) is 1. The van der Waals surface area contributed by atoms with E-state index in [1.165, 1.54) is 0 Å². The van der Waals surface area contributed by atoms with Crippen molar-refractivity contribution < 1.29 is 65.9 Å². The molecule has 0 heterocycles. The molecule has 1 unspecified atom stereocenters. The lowest BCUT2D eigenvalue weighted by molar-refractivity contribution is -0.355. The van der Waals surface area contributed by atoms with Gasteiger partial charge in [-0.25, -0.2) is 8.42 Å². The lowest BCUT2D eigenvalue weighted by atomic mass is 10.0. The van der Waals surface area contributed by atoms with Gasteiger partial charge in [-0.15, -0.1) is 0 Å². The molecule has 0 aromatic rings. The molecule has 0 spiro atoms. The van der Waals surface area contributed by atoms with E-state index in [0.717, 1.165) is 0 Å². The van der Waals surface area contributed by atoms with Crippen LogP contribution in [0.2, 0.25) is 0 Å². The van der Waals surface area contributed by atoms with Crippen molar-refractivity contribution in [1.29, 1.82) is 0 Å². The van der Waals surface area contributed by atoms with E-state index in [1.807, 2.05) is 0 Å². The second-order valence-electron chi connectivity index (χ2n) is 5.53. The van der Waals surface area contributed by atoms with Crippen LogP contribution in [0.3, 0.4) is 0 Å². The maximum atomic E-state index is 13.2. The van der Waals surface area contributed by atoms with E-state index in [4.69, 9.17) is 0 Å². The summed E-state index contributed by atoms with van der Waals surface area (Å²) in [6, 6.07) is 0. The molecule has 0 bridgehead atoms. The van der Waals surface area contributed by atoms with Gasteiger partial charge in [0.25, 0.3) is 0 Å². The standard InChI is InChI=1S/C11H11F12NO3S/c12-7(13,9(16,17)11(21,22)23)2-1-5(6(24)25)28(26,27)4-3-8(14,15)10(18,19)20/h5H,1-4H2,(H2,24,25). The topological polar surface area (TPSA) is 77.2 Å². The minimum absolute atomic E-state index is 1.98. The van der Waals surface area contributed by atoms with E-state index < -0.39 is 76.1 Å². The molecule has 0 rings (SSSR count). The molecule has 0 aliphatic carbocycles. The third-order valence-corrected chi connectivity index (χ3v) is 5.51. The Morgan fingerprint density at radius 1 is 0.750 bits per heavy atom. The largest absolute Gasteiger partial charge is 0.459 e. The van der Waals surface area contributed by atoms with Crippen molar-refractivity contribution >= 4 is 15.7 Å². The summed E-state index contributed by atoms with van der Waals surface area (Å²) < 4.78 is 172. The monoisotopic (exact) mass is 465 g/mol. The lowest BCUT2D eigenvalue weighted by Crippen LogP contribution is -2.52. The van der Waals surface area contributed by atoms with Crippen molar-refractivity contribution in [2.75, 3.05) is 5.75 Å². The number of alkyl halides is 12. The molecule has 0 aromatic carbocycles. The maximum absolute atomic E-state index is 13.2. The predicted octanol–water partition coefficient (Wildman–Crippen LogP) is 3.46. The summed E-state index contributed by atoms with van der Waals surface area (Å²) in [7, 11) is -5.43. The van der Waals surface area contributed by atoms with Gasteiger partial charge in [0.1, 0.15) is 5.25 Å².